The average molecular weight is 277 g/mol. The summed E-state index contributed by atoms with van der Waals surface area (Å²) in [6.45, 7) is 0.556. The predicted octanol–water partition coefficient (Wildman–Crippen LogP) is 2.93. The lowest BCUT2D eigenvalue weighted by molar-refractivity contribution is -0.136. The molecular weight excluding hydrogens is 254 g/mol. The minimum atomic E-state index is -0.745. The molecule has 1 aromatic carbocycles. The first kappa shape index (κ1) is 14.9. The van der Waals surface area contributed by atoms with Crippen LogP contribution in [0.2, 0.25) is 0 Å². The van der Waals surface area contributed by atoms with E-state index in [1.165, 1.54) is 0 Å². The molecule has 1 aromatic rings. The molecule has 1 aliphatic carbocycles. The fourth-order valence-corrected chi connectivity index (χ4v) is 2.98. The van der Waals surface area contributed by atoms with Gasteiger partial charge in [0.05, 0.1) is 12.5 Å². The summed E-state index contributed by atoms with van der Waals surface area (Å²) in [5.74, 6) is -0.745. The standard InChI is InChI=1S/C16H23NO3/c1-20-15-9-5-8-14(12-15)17(11-10-16(18)19)13-6-3-2-4-7-13/h2-4,6-7,14-15H,5,8-12H2,1H3,(H,18,19). The monoisotopic (exact) mass is 277 g/mol. The van der Waals surface area contributed by atoms with Crippen molar-refractivity contribution >= 4 is 11.7 Å². The highest BCUT2D eigenvalue weighted by molar-refractivity contribution is 5.67. The zero-order chi connectivity index (χ0) is 14.4. The Labute approximate surface area is 120 Å². The van der Waals surface area contributed by atoms with Crippen molar-refractivity contribution in [1.29, 1.82) is 0 Å². The number of carboxylic acids is 1. The van der Waals surface area contributed by atoms with Crippen LogP contribution in [0, 0.1) is 0 Å². The molecule has 20 heavy (non-hydrogen) atoms. The van der Waals surface area contributed by atoms with Crippen LogP contribution in [0.15, 0.2) is 30.3 Å². The zero-order valence-electron chi connectivity index (χ0n) is 12.0. The van der Waals surface area contributed by atoms with Gasteiger partial charge >= 0.3 is 5.97 Å². The van der Waals surface area contributed by atoms with Gasteiger partial charge in [0, 0.05) is 25.4 Å². The summed E-state index contributed by atoms with van der Waals surface area (Å²) in [7, 11) is 1.76. The Bertz CT molecular complexity index is 421. The first-order valence-corrected chi connectivity index (χ1v) is 7.27. The highest BCUT2D eigenvalue weighted by atomic mass is 16.5. The lowest BCUT2D eigenvalue weighted by Crippen LogP contribution is -2.42. The van der Waals surface area contributed by atoms with Gasteiger partial charge in [0.1, 0.15) is 0 Å². The van der Waals surface area contributed by atoms with E-state index in [4.69, 9.17) is 9.84 Å². The maximum absolute atomic E-state index is 10.9. The van der Waals surface area contributed by atoms with Crippen molar-refractivity contribution in [3.05, 3.63) is 30.3 Å². The Morgan fingerprint density at radius 3 is 2.75 bits per heavy atom. The molecule has 0 aromatic heterocycles. The number of para-hydroxylation sites is 1. The number of methoxy groups -OCH3 is 1. The third-order valence-corrected chi connectivity index (χ3v) is 4.03. The maximum atomic E-state index is 10.9. The van der Waals surface area contributed by atoms with Crippen LogP contribution < -0.4 is 4.90 Å². The minimum Gasteiger partial charge on any atom is -0.481 e. The van der Waals surface area contributed by atoms with Crippen LogP contribution in [0.5, 0.6) is 0 Å². The van der Waals surface area contributed by atoms with Gasteiger partial charge < -0.3 is 14.7 Å². The number of carbonyl (C=O) groups is 1. The zero-order valence-corrected chi connectivity index (χ0v) is 12.0. The molecule has 4 nitrogen and oxygen atoms in total. The normalized spacial score (nSPS) is 22.4. The Hall–Kier alpha value is -1.55. The Morgan fingerprint density at radius 1 is 1.35 bits per heavy atom. The fourth-order valence-electron chi connectivity index (χ4n) is 2.98. The summed E-state index contributed by atoms with van der Waals surface area (Å²) < 4.78 is 5.49. The first-order valence-electron chi connectivity index (χ1n) is 7.27. The number of aliphatic carboxylic acids is 1. The first-order chi connectivity index (χ1) is 9.70. The van der Waals surface area contributed by atoms with Gasteiger partial charge in [-0.3, -0.25) is 4.79 Å². The van der Waals surface area contributed by atoms with Gasteiger partial charge in [-0.2, -0.15) is 0 Å². The Morgan fingerprint density at radius 2 is 2.10 bits per heavy atom. The van der Waals surface area contributed by atoms with Crippen molar-refractivity contribution in [2.45, 2.75) is 44.2 Å². The van der Waals surface area contributed by atoms with E-state index in [9.17, 15) is 4.79 Å². The third-order valence-electron chi connectivity index (χ3n) is 4.03. The van der Waals surface area contributed by atoms with Gasteiger partial charge in [-0.1, -0.05) is 18.2 Å². The smallest absolute Gasteiger partial charge is 0.305 e. The molecule has 2 unspecified atom stereocenters. The van der Waals surface area contributed by atoms with Gasteiger partial charge in [0.15, 0.2) is 0 Å². The average Bonchev–Trinajstić information content (AvgIpc) is 2.48. The van der Waals surface area contributed by atoms with E-state index < -0.39 is 5.97 Å². The molecule has 0 heterocycles. The molecule has 4 heteroatoms. The Kier molecular flexibility index (Phi) is 5.41. The van der Waals surface area contributed by atoms with E-state index in [1.54, 1.807) is 7.11 Å². The van der Waals surface area contributed by atoms with Crippen molar-refractivity contribution in [3.63, 3.8) is 0 Å². The summed E-state index contributed by atoms with van der Waals surface area (Å²) in [4.78, 5) is 13.1. The highest BCUT2D eigenvalue weighted by Crippen LogP contribution is 2.28. The number of hydrogen-bond acceptors (Lipinski definition) is 3. The van der Waals surface area contributed by atoms with Crippen molar-refractivity contribution in [3.8, 4) is 0 Å². The van der Waals surface area contributed by atoms with Crippen LogP contribution in [0.4, 0.5) is 5.69 Å². The summed E-state index contributed by atoms with van der Waals surface area (Å²) in [5, 5.41) is 8.95. The van der Waals surface area contributed by atoms with Gasteiger partial charge in [0.25, 0.3) is 0 Å². The molecular formula is C16H23NO3. The number of hydrogen-bond donors (Lipinski definition) is 1. The van der Waals surface area contributed by atoms with Crippen LogP contribution >= 0.6 is 0 Å². The lowest BCUT2D eigenvalue weighted by Gasteiger charge is -2.38. The van der Waals surface area contributed by atoms with Gasteiger partial charge in [-0.05, 0) is 37.8 Å². The minimum absolute atomic E-state index is 0.170. The number of nitrogens with zero attached hydrogens (tertiary/aromatic N) is 1. The second-order valence-electron chi connectivity index (χ2n) is 5.35. The molecule has 1 saturated carbocycles. The molecule has 2 rings (SSSR count). The SMILES string of the molecule is COC1CCCC(N(CCC(=O)O)c2ccccc2)C1. The van der Waals surface area contributed by atoms with Crippen LogP contribution in [-0.2, 0) is 9.53 Å². The summed E-state index contributed by atoms with van der Waals surface area (Å²) in [5.41, 5.74) is 1.11. The van der Waals surface area contributed by atoms with Crippen molar-refractivity contribution in [2.24, 2.45) is 0 Å². The molecule has 1 N–H and O–H groups in total. The second kappa shape index (κ2) is 7.29. The van der Waals surface area contributed by atoms with E-state index in [-0.39, 0.29) is 6.42 Å². The number of rotatable bonds is 6. The molecule has 0 bridgehead atoms. The van der Waals surface area contributed by atoms with Crippen molar-refractivity contribution < 1.29 is 14.6 Å². The molecule has 0 radical (unpaired) electrons. The number of anilines is 1. The Balaban J connectivity index is 2.11. The summed E-state index contributed by atoms with van der Waals surface area (Å²) in [6, 6.07) is 10.5. The third kappa shape index (κ3) is 3.97. The summed E-state index contributed by atoms with van der Waals surface area (Å²) in [6.07, 6.45) is 4.79. The maximum Gasteiger partial charge on any atom is 0.305 e. The van der Waals surface area contributed by atoms with Gasteiger partial charge in [-0.25, -0.2) is 0 Å². The van der Waals surface area contributed by atoms with Crippen LogP contribution in [0.1, 0.15) is 32.1 Å². The molecule has 1 fully saturated rings. The van der Waals surface area contributed by atoms with Crippen molar-refractivity contribution in [1.82, 2.24) is 0 Å². The number of carboxylic acid groups (broad SMARTS) is 1. The van der Waals surface area contributed by atoms with E-state index in [1.807, 2.05) is 18.2 Å². The van der Waals surface area contributed by atoms with E-state index >= 15 is 0 Å². The lowest BCUT2D eigenvalue weighted by atomic mass is 9.91. The van der Waals surface area contributed by atoms with Gasteiger partial charge in [0.2, 0.25) is 0 Å². The van der Waals surface area contributed by atoms with Gasteiger partial charge in [-0.15, -0.1) is 0 Å². The quantitative estimate of drug-likeness (QED) is 0.868. The predicted molar refractivity (Wildman–Crippen MR) is 79.1 cm³/mol. The number of benzene rings is 1. The van der Waals surface area contributed by atoms with E-state index in [0.29, 0.717) is 18.7 Å². The molecule has 2 atom stereocenters. The van der Waals surface area contributed by atoms with Crippen molar-refractivity contribution in [2.75, 3.05) is 18.6 Å². The molecule has 110 valence electrons. The second-order valence-corrected chi connectivity index (χ2v) is 5.35. The molecule has 0 spiro atoms. The van der Waals surface area contributed by atoms with Crippen LogP contribution in [-0.4, -0.2) is 36.9 Å². The topological polar surface area (TPSA) is 49.8 Å². The van der Waals surface area contributed by atoms with Crippen LogP contribution in [0.25, 0.3) is 0 Å². The molecule has 0 aliphatic heterocycles. The summed E-state index contributed by atoms with van der Waals surface area (Å²) >= 11 is 0. The largest absolute Gasteiger partial charge is 0.481 e. The van der Waals surface area contributed by atoms with Crippen LogP contribution in [0.3, 0.4) is 0 Å². The molecule has 1 aliphatic rings. The van der Waals surface area contributed by atoms with E-state index in [0.717, 1.165) is 31.4 Å². The molecule has 0 amide bonds. The van der Waals surface area contributed by atoms with E-state index in [2.05, 4.69) is 17.0 Å². The molecule has 0 saturated heterocycles. The fraction of sp³-hybridized carbons (Fsp3) is 0.562. The highest BCUT2D eigenvalue weighted by Gasteiger charge is 2.27. The number of ether oxygens (including phenoxy) is 1.